The maximum Gasteiger partial charge on any atom is 0.410 e. The fourth-order valence-electron chi connectivity index (χ4n) is 7.62. The summed E-state index contributed by atoms with van der Waals surface area (Å²) in [6.07, 6.45) is 6.20. The third kappa shape index (κ3) is 15.6. The van der Waals surface area contributed by atoms with Crippen LogP contribution in [-0.4, -0.2) is 118 Å². The summed E-state index contributed by atoms with van der Waals surface area (Å²) >= 11 is 0. The third-order valence-corrected chi connectivity index (χ3v) is 12.1. The number of benzene rings is 1. The Morgan fingerprint density at radius 2 is 1.60 bits per heavy atom. The van der Waals surface area contributed by atoms with Crippen molar-refractivity contribution in [1.29, 1.82) is 0 Å². The maximum absolute atomic E-state index is 14.3. The smallest absolute Gasteiger partial charge is 0.410 e. The Kier molecular flexibility index (Phi) is 17.5. The van der Waals surface area contributed by atoms with Gasteiger partial charge in [0.15, 0.2) is 0 Å². The highest BCUT2D eigenvalue weighted by Crippen LogP contribution is 2.29. The van der Waals surface area contributed by atoms with Crippen LogP contribution in [0.5, 0.6) is 0 Å². The molecule has 1 aliphatic heterocycles. The summed E-state index contributed by atoms with van der Waals surface area (Å²) in [5.41, 5.74) is 0.475. The molecule has 17 heteroatoms. The number of aromatic amines is 1. The molecule has 0 spiro atoms. The average Bonchev–Trinajstić information content (AvgIpc) is 3.86. The number of nitrogens with zero attached hydrogens (tertiary/aromatic N) is 2. The lowest BCUT2D eigenvalue weighted by atomic mass is 9.83. The number of sulfonamides is 1. The highest BCUT2D eigenvalue weighted by molar-refractivity contribution is 7.89. The lowest BCUT2D eigenvalue weighted by molar-refractivity contribution is -0.133. The molecule has 2 heterocycles. The summed E-state index contributed by atoms with van der Waals surface area (Å²) in [6, 6.07) is 5.11. The van der Waals surface area contributed by atoms with Crippen LogP contribution < -0.4 is 20.7 Å². The molecule has 1 aromatic heterocycles. The molecule has 1 saturated heterocycles. The zero-order valence-corrected chi connectivity index (χ0v) is 35.4. The summed E-state index contributed by atoms with van der Waals surface area (Å²) in [4.78, 5) is 63.9. The molecule has 0 unspecified atom stereocenters. The topological polar surface area (TPSA) is 232 Å². The Bertz CT molecular complexity index is 1710. The fourth-order valence-corrected chi connectivity index (χ4v) is 9.07. The van der Waals surface area contributed by atoms with Gasteiger partial charge in [-0.25, -0.2) is 22.9 Å². The van der Waals surface area contributed by atoms with E-state index in [2.05, 4.69) is 30.6 Å². The third-order valence-electron chi connectivity index (χ3n) is 10.4. The number of hydrogen-bond acceptors (Lipinski definition) is 10. The van der Waals surface area contributed by atoms with E-state index in [0.717, 1.165) is 37.7 Å². The Morgan fingerprint density at radius 1 is 0.931 bits per heavy atom. The minimum absolute atomic E-state index is 0.0192. The van der Waals surface area contributed by atoms with Crippen LogP contribution in [0.25, 0.3) is 0 Å². The van der Waals surface area contributed by atoms with Gasteiger partial charge in [-0.05, 0) is 57.4 Å². The van der Waals surface area contributed by atoms with E-state index >= 15 is 0 Å². The van der Waals surface area contributed by atoms with Crippen LogP contribution in [0.3, 0.4) is 0 Å². The minimum Gasteiger partial charge on any atom is -0.444 e. The van der Waals surface area contributed by atoms with Crippen molar-refractivity contribution in [3.05, 3.63) is 54.1 Å². The Balaban J connectivity index is 1.54. The van der Waals surface area contributed by atoms with E-state index in [1.165, 1.54) is 11.2 Å². The van der Waals surface area contributed by atoms with Crippen LogP contribution in [0.2, 0.25) is 0 Å². The number of aromatic nitrogens is 2. The van der Waals surface area contributed by atoms with Crippen molar-refractivity contribution in [2.24, 2.45) is 11.8 Å². The number of rotatable bonds is 20. The van der Waals surface area contributed by atoms with Crippen LogP contribution >= 0.6 is 0 Å². The Morgan fingerprint density at radius 3 is 2.24 bits per heavy atom. The van der Waals surface area contributed by atoms with Crippen molar-refractivity contribution >= 4 is 33.8 Å². The van der Waals surface area contributed by atoms with Crippen LogP contribution in [-0.2, 0) is 42.0 Å². The summed E-state index contributed by atoms with van der Waals surface area (Å²) in [7, 11) is -3.63. The molecule has 2 fully saturated rings. The van der Waals surface area contributed by atoms with E-state index in [1.54, 1.807) is 40.8 Å². The van der Waals surface area contributed by atoms with Gasteiger partial charge in [0.2, 0.25) is 27.7 Å². The van der Waals surface area contributed by atoms with E-state index in [1.807, 2.05) is 30.3 Å². The highest BCUT2D eigenvalue weighted by atomic mass is 32.2. The van der Waals surface area contributed by atoms with Gasteiger partial charge in [0.05, 0.1) is 36.0 Å². The number of likely N-dealkylation sites (tertiary alicyclic amines) is 1. The molecule has 16 nitrogen and oxygen atoms in total. The number of amides is 4. The Labute approximate surface area is 343 Å². The second-order valence-corrected chi connectivity index (χ2v) is 19.1. The molecule has 1 aliphatic carbocycles. The molecule has 2 aromatic rings. The SMILES string of the molecule is CC(C)CS(=O)(=O)NC[C@@H](O)C[C@H](O)[C@H](CC1CCCCC1)NC(=O)[C@H](Cc1c[nH]cn1)NC(=O)[C@H](Cc1ccccc1)NC(=O)[C@@H]1CCCN1C(=O)OC(C)(C)C. The largest absolute Gasteiger partial charge is 0.444 e. The predicted octanol–water partition coefficient (Wildman–Crippen LogP) is 2.71. The number of aliphatic hydroxyl groups is 2. The number of carbonyl (C=O) groups is 4. The van der Waals surface area contributed by atoms with Crippen LogP contribution in [0, 0.1) is 11.8 Å². The van der Waals surface area contributed by atoms with E-state index in [9.17, 15) is 37.8 Å². The Hall–Kier alpha value is -4.06. The first-order valence-electron chi connectivity index (χ1n) is 20.6. The normalized spacial score (nSPS) is 19.2. The van der Waals surface area contributed by atoms with E-state index in [0.29, 0.717) is 31.5 Å². The van der Waals surface area contributed by atoms with E-state index in [-0.39, 0.29) is 43.4 Å². The van der Waals surface area contributed by atoms with Crippen LogP contribution in [0.15, 0.2) is 42.9 Å². The zero-order chi connectivity index (χ0) is 42.5. The molecule has 1 aromatic carbocycles. The number of nitrogens with one attached hydrogen (secondary N) is 5. The summed E-state index contributed by atoms with van der Waals surface area (Å²) in [6.45, 7) is 8.82. The van der Waals surface area contributed by atoms with Gasteiger partial charge >= 0.3 is 6.09 Å². The van der Waals surface area contributed by atoms with Crippen molar-refractivity contribution in [2.45, 2.75) is 147 Å². The van der Waals surface area contributed by atoms with Gasteiger partial charge in [-0.3, -0.25) is 19.3 Å². The van der Waals surface area contributed by atoms with Gasteiger partial charge in [-0.1, -0.05) is 76.3 Å². The molecule has 324 valence electrons. The van der Waals surface area contributed by atoms with Gasteiger partial charge < -0.3 is 35.9 Å². The molecule has 4 amide bonds. The number of imidazole rings is 1. The molecule has 6 atom stereocenters. The second kappa shape index (κ2) is 21.8. The van der Waals surface area contributed by atoms with Crippen molar-refractivity contribution < 1.29 is 42.5 Å². The summed E-state index contributed by atoms with van der Waals surface area (Å²) in [5.74, 6) is -1.77. The highest BCUT2D eigenvalue weighted by Gasteiger charge is 2.39. The van der Waals surface area contributed by atoms with Gasteiger partial charge in [0.25, 0.3) is 0 Å². The molecule has 7 N–H and O–H groups in total. The molecule has 58 heavy (non-hydrogen) atoms. The quantitative estimate of drug-likeness (QED) is 0.103. The van der Waals surface area contributed by atoms with Crippen LogP contribution in [0.1, 0.15) is 104 Å². The fraction of sp³-hybridized carbons (Fsp3) is 0.683. The van der Waals surface area contributed by atoms with Gasteiger partial charge in [0, 0.05) is 38.5 Å². The first kappa shape index (κ1) is 46.6. The van der Waals surface area contributed by atoms with Crippen molar-refractivity contribution in [2.75, 3.05) is 18.8 Å². The summed E-state index contributed by atoms with van der Waals surface area (Å²) < 4.78 is 32.8. The number of ether oxygens (including phenoxy) is 1. The molecule has 4 rings (SSSR count). The second-order valence-electron chi connectivity index (χ2n) is 17.2. The molecule has 0 radical (unpaired) electrons. The summed E-state index contributed by atoms with van der Waals surface area (Å²) in [5, 5.41) is 31.0. The zero-order valence-electron chi connectivity index (χ0n) is 34.6. The van der Waals surface area contributed by atoms with Gasteiger partial charge in [-0.15, -0.1) is 0 Å². The molecule has 1 saturated carbocycles. The van der Waals surface area contributed by atoms with Crippen molar-refractivity contribution in [3.63, 3.8) is 0 Å². The monoisotopic (exact) mass is 831 g/mol. The van der Waals surface area contributed by atoms with Crippen molar-refractivity contribution in [3.8, 4) is 0 Å². The van der Waals surface area contributed by atoms with E-state index in [4.69, 9.17) is 4.74 Å². The number of H-pyrrole nitrogens is 1. The number of hydrogen-bond donors (Lipinski definition) is 7. The van der Waals surface area contributed by atoms with Crippen LogP contribution in [0.4, 0.5) is 4.79 Å². The first-order valence-corrected chi connectivity index (χ1v) is 22.3. The lowest BCUT2D eigenvalue weighted by Crippen LogP contribution is -2.59. The molecular formula is C41H65N7O9S. The molecule has 2 aliphatic rings. The van der Waals surface area contributed by atoms with Crippen molar-refractivity contribution in [1.82, 2.24) is 35.5 Å². The standard InChI is InChI=1S/C41H65N7O9S/c1-27(2)25-58(55,56)44-24-31(49)22-36(50)32(19-28-13-8-6-9-14-28)45-38(52)34(21-30-23-42-26-43-30)46-37(51)33(20-29-15-10-7-11-16-29)47-39(53)35-17-12-18-48(35)40(54)57-41(3,4)5/h7,10-11,15-16,23,26-28,31-36,44,49-50H,6,8-9,12-14,17-22,24-25H2,1-5H3,(H,42,43)(H,45,52)(H,46,51)(H,47,53)/t31-,32-,33-,34-,35-,36-/m0/s1. The lowest BCUT2D eigenvalue weighted by Gasteiger charge is -2.32. The van der Waals surface area contributed by atoms with Gasteiger partial charge in [-0.2, -0.15) is 0 Å². The average molecular weight is 832 g/mol. The number of aliphatic hydroxyl groups excluding tert-OH is 2. The number of carbonyl (C=O) groups excluding carboxylic acids is 4. The van der Waals surface area contributed by atoms with Gasteiger partial charge in [0.1, 0.15) is 23.7 Å². The molecular weight excluding hydrogens is 767 g/mol. The maximum atomic E-state index is 14.3. The van der Waals surface area contributed by atoms with E-state index < -0.39 is 75.8 Å². The predicted molar refractivity (Wildman–Crippen MR) is 219 cm³/mol. The first-order chi connectivity index (χ1) is 27.4. The minimum atomic E-state index is -3.63. The molecule has 0 bridgehead atoms.